The summed E-state index contributed by atoms with van der Waals surface area (Å²) in [7, 11) is 0. The Hall–Kier alpha value is -2.54. The molecule has 0 bridgehead atoms. The normalized spacial score (nSPS) is 19.8. The molecule has 3 N–H and O–H groups in total. The van der Waals surface area contributed by atoms with Crippen molar-refractivity contribution in [3.8, 4) is 0 Å². The van der Waals surface area contributed by atoms with Crippen LogP contribution in [0.2, 0.25) is 15.1 Å². The van der Waals surface area contributed by atoms with E-state index in [2.05, 4.69) is 20.9 Å². The van der Waals surface area contributed by atoms with E-state index >= 15 is 0 Å². The van der Waals surface area contributed by atoms with Crippen LogP contribution in [0, 0.1) is 11.7 Å². The summed E-state index contributed by atoms with van der Waals surface area (Å²) in [4.78, 5) is 17.2. The molecule has 2 unspecified atom stereocenters. The summed E-state index contributed by atoms with van der Waals surface area (Å²) >= 11 is 18.1. The van der Waals surface area contributed by atoms with Gasteiger partial charge in [-0.05, 0) is 36.4 Å². The summed E-state index contributed by atoms with van der Waals surface area (Å²) in [6, 6.07) is 9.21. The van der Waals surface area contributed by atoms with Gasteiger partial charge in [0.15, 0.2) is 0 Å². The molecule has 9 heteroatoms. The van der Waals surface area contributed by atoms with E-state index in [-0.39, 0.29) is 22.9 Å². The third kappa shape index (κ3) is 4.17. The fourth-order valence-corrected chi connectivity index (χ4v) is 3.89. The summed E-state index contributed by atoms with van der Waals surface area (Å²) in [5, 5.41) is 10.00. The van der Waals surface area contributed by atoms with Crippen molar-refractivity contribution in [1.82, 2.24) is 5.32 Å². The number of carbonyl (C=O) groups is 1. The number of carbonyl (C=O) groups excluding carboxylic acids is 1. The predicted molar refractivity (Wildman–Crippen MR) is 120 cm³/mol. The van der Waals surface area contributed by atoms with E-state index in [9.17, 15) is 9.18 Å². The summed E-state index contributed by atoms with van der Waals surface area (Å²) in [6.07, 6.45) is 3.53. The number of nitrogens with zero attached hydrogens (tertiary/aromatic N) is 1. The van der Waals surface area contributed by atoms with Gasteiger partial charge in [-0.1, -0.05) is 53.9 Å². The molecule has 0 radical (unpaired) electrons. The molecule has 2 aromatic rings. The third-order valence-electron chi connectivity index (χ3n) is 4.77. The van der Waals surface area contributed by atoms with Gasteiger partial charge in [-0.3, -0.25) is 4.79 Å². The maximum absolute atomic E-state index is 13.6. The van der Waals surface area contributed by atoms with E-state index in [1.807, 2.05) is 13.0 Å². The largest absolute Gasteiger partial charge is 0.347 e. The second kappa shape index (κ2) is 8.30. The van der Waals surface area contributed by atoms with Crippen molar-refractivity contribution in [1.29, 1.82) is 0 Å². The number of benzene rings is 2. The lowest BCUT2D eigenvalue weighted by molar-refractivity contribution is -0.112. The van der Waals surface area contributed by atoms with E-state index in [1.165, 1.54) is 18.2 Å². The number of fused-ring (bicyclic) bond motifs is 1. The van der Waals surface area contributed by atoms with Crippen molar-refractivity contribution in [2.75, 3.05) is 10.6 Å². The van der Waals surface area contributed by atoms with E-state index < -0.39 is 5.82 Å². The second-order valence-corrected chi connectivity index (χ2v) is 8.16. The summed E-state index contributed by atoms with van der Waals surface area (Å²) in [5.74, 6) is -0.488. The molecule has 1 heterocycles. The quantitative estimate of drug-likeness (QED) is 0.551. The molecule has 1 amide bonds. The first-order valence-electron chi connectivity index (χ1n) is 9.08. The maximum Gasteiger partial charge on any atom is 0.255 e. The van der Waals surface area contributed by atoms with E-state index in [4.69, 9.17) is 34.8 Å². The SMILES string of the molecule is CC1C=C(C(=O)Nc2ccc(Cl)c(F)c2)C=C2N=C(Nc3c(Cl)cccc3Cl)NC21. The molecule has 30 heavy (non-hydrogen) atoms. The molecule has 2 aromatic carbocycles. The smallest absolute Gasteiger partial charge is 0.255 e. The first-order valence-corrected chi connectivity index (χ1v) is 10.2. The van der Waals surface area contributed by atoms with Crippen LogP contribution in [0.5, 0.6) is 0 Å². The number of guanidine groups is 1. The molecule has 0 spiro atoms. The molecular weight excluding hydrogens is 450 g/mol. The number of nitrogens with one attached hydrogen (secondary N) is 3. The molecule has 0 aromatic heterocycles. The van der Waals surface area contributed by atoms with Crippen molar-refractivity contribution in [3.63, 3.8) is 0 Å². The lowest BCUT2D eigenvalue weighted by Gasteiger charge is -2.23. The van der Waals surface area contributed by atoms with Gasteiger partial charge >= 0.3 is 0 Å². The van der Waals surface area contributed by atoms with E-state index in [0.717, 1.165) is 0 Å². The standard InChI is InChI=1S/C21H16Cl3FN4O/c1-10-7-11(20(30)26-12-5-6-13(22)16(25)9-12)8-17-18(10)28-21(27-17)29-19-14(23)3-2-4-15(19)24/h2-10,18H,1H3,(H,26,30)(H2,27,28,29). The minimum atomic E-state index is -0.600. The number of anilines is 2. The van der Waals surface area contributed by atoms with Gasteiger partial charge in [0, 0.05) is 17.2 Å². The van der Waals surface area contributed by atoms with E-state index in [0.29, 0.717) is 38.6 Å². The van der Waals surface area contributed by atoms with Crippen LogP contribution in [0.3, 0.4) is 0 Å². The molecule has 0 fully saturated rings. The van der Waals surface area contributed by atoms with Crippen molar-refractivity contribution in [2.45, 2.75) is 13.0 Å². The third-order valence-corrected chi connectivity index (χ3v) is 5.71. The van der Waals surface area contributed by atoms with Crippen LogP contribution >= 0.6 is 34.8 Å². The molecule has 0 saturated carbocycles. The number of para-hydroxylation sites is 1. The molecule has 0 saturated heterocycles. The van der Waals surface area contributed by atoms with Gasteiger partial charge in [-0.25, -0.2) is 9.38 Å². The Bertz CT molecular complexity index is 1110. The van der Waals surface area contributed by atoms with Gasteiger partial charge in [0.25, 0.3) is 5.91 Å². The zero-order chi connectivity index (χ0) is 21.4. The highest BCUT2D eigenvalue weighted by atomic mass is 35.5. The summed E-state index contributed by atoms with van der Waals surface area (Å²) in [6.45, 7) is 1.97. The molecule has 1 aliphatic heterocycles. The van der Waals surface area contributed by atoms with Gasteiger partial charge in [0.05, 0.1) is 32.5 Å². The van der Waals surface area contributed by atoms with Gasteiger partial charge in [-0.2, -0.15) is 0 Å². The Balaban J connectivity index is 1.53. The number of aliphatic imine (C=N–C) groups is 1. The molecular formula is C21H16Cl3FN4O. The lowest BCUT2D eigenvalue weighted by atomic mass is 9.90. The Kier molecular flexibility index (Phi) is 5.73. The van der Waals surface area contributed by atoms with Crippen LogP contribution in [0.1, 0.15) is 6.92 Å². The topological polar surface area (TPSA) is 65.5 Å². The molecule has 2 atom stereocenters. The van der Waals surface area contributed by atoms with Gasteiger partial charge in [0.2, 0.25) is 5.96 Å². The molecule has 2 aliphatic rings. The Labute approximate surface area is 187 Å². The van der Waals surface area contributed by atoms with Crippen molar-refractivity contribution < 1.29 is 9.18 Å². The number of rotatable bonds is 3. The summed E-state index contributed by atoms with van der Waals surface area (Å²) in [5.41, 5.74) is 2.00. The molecule has 5 nitrogen and oxygen atoms in total. The molecule has 1 aliphatic carbocycles. The molecule has 154 valence electrons. The summed E-state index contributed by atoms with van der Waals surface area (Å²) < 4.78 is 13.6. The Morgan fingerprint density at radius 3 is 2.57 bits per heavy atom. The van der Waals surface area contributed by atoms with Crippen molar-refractivity contribution in [3.05, 3.63) is 80.7 Å². The zero-order valence-electron chi connectivity index (χ0n) is 15.6. The van der Waals surface area contributed by atoms with Crippen molar-refractivity contribution in [2.24, 2.45) is 10.9 Å². The van der Waals surface area contributed by atoms with Crippen LogP contribution in [0.15, 0.2) is 64.8 Å². The van der Waals surface area contributed by atoms with E-state index in [1.54, 1.807) is 24.3 Å². The Morgan fingerprint density at radius 2 is 1.87 bits per heavy atom. The highest BCUT2D eigenvalue weighted by Gasteiger charge is 2.32. The number of amides is 1. The highest BCUT2D eigenvalue weighted by Crippen LogP contribution is 2.32. The Morgan fingerprint density at radius 1 is 1.13 bits per heavy atom. The predicted octanol–water partition coefficient (Wildman–Crippen LogP) is 5.62. The minimum Gasteiger partial charge on any atom is -0.347 e. The van der Waals surface area contributed by atoms with Crippen LogP contribution in [-0.2, 0) is 4.79 Å². The first kappa shape index (κ1) is 20.7. The molecule has 4 rings (SSSR count). The maximum atomic E-state index is 13.6. The van der Waals surface area contributed by atoms with Crippen LogP contribution < -0.4 is 16.0 Å². The van der Waals surface area contributed by atoms with Crippen LogP contribution in [0.4, 0.5) is 15.8 Å². The fourth-order valence-electron chi connectivity index (χ4n) is 3.28. The lowest BCUT2D eigenvalue weighted by Crippen LogP contribution is -2.38. The zero-order valence-corrected chi connectivity index (χ0v) is 17.9. The van der Waals surface area contributed by atoms with Crippen LogP contribution in [0.25, 0.3) is 0 Å². The van der Waals surface area contributed by atoms with Gasteiger partial charge < -0.3 is 16.0 Å². The minimum absolute atomic E-state index is 0.00603. The average Bonchev–Trinajstić information content (AvgIpc) is 3.11. The number of hydrogen-bond acceptors (Lipinski definition) is 4. The number of halogens is 4. The average molecular weight is 466 g/mol. The highest BCUT2D eigenvalue weighted by molar-refractivity contribution is 6.39. The second-order valence-electron chi connectivity index (χ2n) is 6.94. The monoisotopic (exact) mass is 464 g/mol. The van der Waals surface area contributed by atoms with Crippen LogP contribution in [-0.4, -0.2) is 17.9 Å². The van der Waals surface area contributed by atoms with Gasteiger partial charge in [0.1, 0.15) is 5.82 Å². The fraction of sp³-hybridized carbons (Fsp3) is 0.143. The van der Waals surface area contributed by atoms with Crippen molar-refractivity contribution >= 4 is 58.0 Å². The first-order chi connectivity index (χ1) is 14.3. The number of hydrogen-bond donors (Lipinski definition) is 3. The van der Waals surface area contributed by atoms with Gasteiger partial charge in [-0.15, -0.1) is 0 Å².